The lowest BCUT2D eigenvalue weighted by Crippen LogP contribution is -2.08. The first-order chi connectivity index (χ1) is 10.1. The highest BCUT2D eigenvalue weighted by Gasteiger charge is 2.08. The molecule has 2 aromatic heterocycles. The fourth-order valence-corrected chi connectivity index (χ4v) is 3.46. The van der Waals surface area contributed by atoms with Crippen molar-refractivity contribution in [3.63, 3.8) is 0 Å². The van der Waals surface area contributed by atoms with Crippen LogP contribution >= 0.6 is 22.9 Å². The SMILES string of the molecule is Cc1nc(NCCc2ccccc2Cl)c2cc(C)sc2n1. The quantitative estimate of drug-likeness (QED) is 0.763. The monoisotopic (exact) mass is 317 g/mol. The van der Waals surface area contributed by atoms with Crippen LogP contribution in [0.3, 0.4) is 0 Å². The molecule has 0 unspecified atom stereocenters. The summed E-state index contributed by atoms with van der Waals surface area (Å²) in [4.78, 5) is 11.3. The maximum Gasteiger partial charge on any atom is 0.138 e. The van der Waals surface area contributed by atoms with Crippen molar-refractivity contribution in [3.8, 4) is 0 Å². The molecule has 3 nitrogen and oxygen atoms in total. The van der Waals surface area contributed by atoms with Gasteiger partial charge in [0.05, 0.1) is 5.39 Å². The Kier molecular flexibility index (Phi) is 4.08. The van der Waals surface area contributed by atoms with Crippen LogP contribution in [0.2, 0.25) is 5.02 Å². The zero-order valence-corrected chi connectivity index (χ0v) is 13.6. The van der Waals surface area contributed by atoms with Crippen LogP contribution in [0.4, 0.5) is 5.82 Å². The molecule has 108 valence electrons. The van der Waals surface area contributed by atoms with E-state index < -0.39 is 0 Å². The van der Waals surface area contributed by atoms with E-state index in [1.807, 2.05) is 25.1 Å². The lowest BCUT2D eigenvalue weighted by atomic mass is 10.1. The minimum atomic E-state index is 0.796. The van der Waals surface area contributed by atoms with Gasteiger partial charge in [0.25, 0.3) is 0 Å². The minimum Gasteiger partial charge on any atom is -0.369 e. The van der Waals surface area contributed by atoms with Gasteiger partial charge in [0, 0.05) is 16.4 Å². The Morgan fingerprint density at radius 2 is 2.00 bits per heavy atom. The zero-order chi connectivity index (χ0) is 14.8. The highest BCUT2D eigenvalue weighted by molar-refractivity contribution is 7.18. The van der Waals surface area contributed by atoms with Crippen molar-refractivity contribution in [2.75, 3.05) is 11.9 Å². The fraction of sp³-hybridized carbons (Fsp3) is 0.250. The van der Waals surface area contributed by atoms with Gasteiger partial charge >= 0.3 is 0 Å². The number of fused-ring (bicyclic) bond motifs is 1. The van der Waals surface area contributed by atoms with Crippen molar-refractivity contribution in [1.29, 1.82) is 0 Å². The summed E-state index contributed by atoms with van der Waals surface area (Å²) in [7, 11) is 0. The minimum absolute atomic E-state index is 0.796. The summed E-state index contributed by atoms with van der Waals surface area (Å²) in [5, 5.41) is 5.33. The molecule has 3 rings (SSSR count). The van der Waals surface area contributed by atoms with Gasteiger partial charge in [-0.05, 0) is 38.0 Å². The Balaban J connectivity index is 1.78. The number of aryl methyl sites for hydroxylation is 2. The van der Waals surface area contributed by atoms with Gasteiger partial charge in [-0.1, -0.05) is 29.8 Å². The van der Waals surface area contributed by atoms with Crippen LogP contribution in [-0.4, -0.2) is 16.5 Å². The van der Waals surface area contributed by atoms with Gasteiger partial charge in [-0.3, -0.25) is 0 Å². The summed E-state index contributed by atoms with van der Waals surface area (Å²) < 4.78 is 0. The van der Waals surface area contributed by atoms with Crippen LogP contribution < -0.4 is 5.32 Å². The van der Waals surface area contributed by atoms with Crippen LogP contribution in [0.25, 0.3) is 10.2 Å². The Morgan fingerprint density at radius 3 is 2.81 bits per heavy atom. The zero-order valence-electron chi connectivity index (χ0n) is 12.0. The molecule has 0 aliphatic heterocycles. The number of nitrogens with zero attached hydrogens (tertiary/aromatic N) is 2. The first kappa shape index (κ1) is 14.3. The van der Waals surface area contributed by atoms with E-state index in [1.54, 1.807) is 11.3 Å². The number of halogens is 1. The van der Waals surface area contributed by atoms with Gasteiger partial charge < -0.3 is 5.32 Å². The van der Waals surface area contributed by atoms with Crippen LogP contribution in [0, 0.1) is 13.8 Å². The number of rotatable bonds is 4. The molecule has 0 radical (unpaired) electrons. The molecule has 0 amide bonds. The number of benzene rings is 1. The van der Waals surface area contributed by atoms with E-state index in [2.05, 4.69) is 34.3 Å². The third kappa shape index (κ3) is 3.17. The molecular weight excluding hydrogens is 302 g/mol. The summed E-state index contributed by atoms with van der Waals surface area (Å²) in [5.41, 5.74) is 1.15. The number of hydrogen-bond donors (Lipinski definition) is 1. The lowest BCUT2D eigenvalue weighted by Gasteiger charge is -2.08. The second-order valence-corrected chi connectivity index (χ2v) is 6.61. The third-order valence-electron chi connectivity index (χ3n) is 3.27. The summed E-state index contributed by atoms with van der Waals surface area (Å²) in [6.45, 7) is 4.81. The Labute approximate surface area is 133 Å². The van der Waals surface area contributed by atoms with E-state index in [9.17, 15) is 0 Å². The molecule has 2 heterocycles. The van der Waals surface area contributed by atoms with Gasteiger partial charge in [0.15, 0.2) is 0 Å². The first-order valence-electron chi connectivity index (χ1n) is 6.85. The normalized spacial score (nSPS) is 11.0. The van der Waals surface area contributed by atoms with Gasteiger partial charge in [-0.25, -0.2) is 9.97 Å². The molecule has 5 heteroatoms. The summed E-state index contributed by atoms with van der Waals surface area (Å²) in [6, 6.07) is 10.1. The standard InChI is InChI=1S/C16H16ClN3S/c1-10-9-13-15(19-11(2)20-16(13)21-10)18-8-7-12-5-3-4-6-14(12)17/h3-6,9H,7-8H2,1-2H3,(H,18,19,20). The average molecular weight is 318 g/mol. The van der Waals surface area contributed by atoms with Gasteiger partial charge in [-0.15, -0.1) is 11.3 Å². The topological polar surface area (TPSA) is 37.8 Å². The largest absolute Gasteiger partial charge is 0.369 e. The number of aromatic nitrogens is 2. The van der Waals surface area contributed by atoms with Crippen LogP contribution in [0.15, 0.2) is 30.3 Å². The van der Waals surface area contributed by atoms with Crippen molar-refractivity contribution in [3.05, 3.63) is 51.6 Å². The van der Waals surface area contributed by atoms with Crippen LogP contribution in [0.5, 0.6) is 0 Å². The molecule has 0 aliphatic carbocycles. The highest BCUT2D eigenvalue weighted by atomic mass is 35.5. The first-order valence-corrected chi connectivity index (χ1v) is 8.05. The number of anilines is 1. The highest BCUT2D eigenvalue weighted by Crippen LogP contribution is 2.28. The molecule has 0 atom stereocenters. The second-order valence-electron chi connectivity index (χ2n) is 4.96. The number of nitrogens with one attached hydrogen (secondary N) is 1. The van der Waals surface area contributed by atoms with Crippen LogP contribution in [0.1, 0.15) is 16.3 Å². The van der Waals surface area contributed by atoms with Crippen molar-refractivity contribution < 1.29 is 0 Å². The lowest BCUT2D eigenvalue weighted by molar-refractivity contribution is 0.995. The summed E-state index contributed by atoms with van der Waals surface area (Å²) in [6.07, 6.45) is 0.868. The molecule has 0 saturated heterocycles. The third-order valence-corrected chi connectivity index (χ3v) is 4.59. The molecule has 0 fully saturated rings. The predicted octanol–water partition coefficient (Wildman–Crippen LogP) is 4.62. The van der Waals surface area contributed by atoms with Gasteiger partial charge in [0.2, 0.25) is 0 Å². The Hall–Kier alpha value is -1.65. The molecule has 0 saturated carbocycles. The van der Waals surface area contributed by atoms with E-state index in [1.165, 1.54) is 4.88 Å². The smallest absolute Gasteiger partial charge is 0.138 e. The van der Waals surface area contributed by atoms with E-state index in [0.29, 0.717) is 0 Å². The predicted molar refractivity (Wildman–Crippen MR) is 90.5 cm³/mol. The van der Waals surface area contributed by atoms with Crippen molar-refractivity contribution >= 4 is 39.0 Å². The van der Waals surface area contributed by atoms with Gasteiger partial charge in [0.1, 0.15) is 16.5 Å². The maximum absolute atomic E-state index is 6.18. The fourth-order valence-electron chi connectivity index (χ4n) is 2.30. The van der Waals surface area contributed by atoms with E-state index >= 15 is 0 Å². The van der Waals surface area contributed by atoms with E-state index in [4.69, 9.17) is 11.6 Å². The summed E-state index contributed by atoms with van der Waals surface area (Å²) >= 11 is 7.88. The molecule has 0 spiro atoms. The number of thiophene rings is 1. The second kappa shape index (κ2) is 6.00. The van der Waals surface area contributed by atoms with Crippen LogP contribution in [-0.2, 0) is 6.42 Å². The van der Waals surface area contributed by atoms with Crippen molar-refractivity contribution in [2.24, 2.45) is 0 Å². The summed E-state index contributed by atoms with van der Waals surface area (Å²) in [5.74, 6) is 1.71. The van der Waals surface area contributed by atoms with Crippen molar-refractivity contribution in [1.82, 2.24) is 9.97 Å². The molecule has 0 aliphatic rings. The maximum atomic E-state index is 6.18. The molecular formula is C16H16ClN3S. The molecule has 0 bridgehead atoms. The molecule has 1 aromatic carbocycles. The Morgan fingerprint density at radius 1 is 1.19 bits per heavy atom. The number of hydrogen-bond acceptors (Lipinski definition) is 4. The van der Waals surface area contributed by atoms with E-state index in [0.717, 1.165) is 45.4 Å². The molecule has 3 aromatic rings. The average Bonchev–Trinajstić information content (AvgIpc) is 2.81. The van der Waals surface area contributed by atoms with Gasteiger partial charge in [-0.2, -0.15) is 0 Å². The van der Waals surface area contributed by atoms with Crippen molar-refractivity contribution in [2.45, 2.75) is 20.3 Å². The molecule has 1 N–H and O–H groups in total. The Bertz CT molecular complexity index is 782. The van der Waals surface area contributed by atoms with E-state index in [-0.39, 0.29) is 0 Å². The molecule has 21 heavy (non-hydrogen) atoms.